The number of rotatable bonds is 9. The standard InChI is InChI=1S/C30H24Cl2N4O4S/c1-18-27(20-7-4-3-5-8-20)28-29(41-18)33-17-36(30(28)38)15-26(37)35-34-14-19-11-12-24(25(13-19)39-2)40-16-21-22(31)9-6-10-23(21)32/h3-14,17H,15-16H2,1-2H3,(H,35,37). The van der Waals surface area contributed by atoms with Gasteiger partial charge < -0.3 is 9.47 Å². The fourth-order valence-electron chi connectivity index (χ4n) is 4.28. The van der Waals surface area contributed by atoms with Gasteiger partial charge in [-0.3, -0.25) is 14.2 Å². The Balaban J connectivity index is 1.26. The van der Waals surface area contributed by atoms with Gasteiger partial charge in [-0.1, -0.05) is 59.6 Å². The molecule has 0 saturated carbocycles. The highest BCUT2D eigenvalue weighted by atomic mass is 35.5. The predicted octanol–water partition coefficient (Wildman–Crippen LogP) is 6.48. The normalized spacial score (nSPS) is 11.2. The predicted molar refractivity (Wildman–Crippen MR) is 164 cm³/mol. The van der Waals surface area contributed by atoms with Crippen molar-refractivity contribution in [1.29, 1.82) is 0 Å². The van der Waals surface area contributed by atoms with Crippen molar-refractivity contribution in [3.8, 4) is 22.6 Å². The van der Waals surface area contributed by atoms with Crippen molar-refractivity contribution in [3.05, 3.63) is 109 Å². The number of halogens is 2. The van der Waals surface area contributed by atoms with Crippen LogP contribution in [-0.2, 0) is 17.9 Å². The first-order valence-corrected chi connectivity index (χ1v) is 14.0. The molecule has 11 heteroatoms. The van der Waals surface area contributed by atoms with Crippen molar-refractivity contribution < 1.29 is 14.3 Å². The molecule has 0 saturated heterocycles. The van der Waals surface area contributed by atoms with Gasteiger partial charge in [-0.25, -0.2) is 10.4 Å². The van der Waals surface area contributed by atoms with Gasteiger partial charge in [0.05, 0.1) is 25.0 Å². The van der Waals surface area contributed by atoms with Gasteiger partial charge in [-0.2, -0.15) is 5.10 Å². The first-order chi connectivity index (χ1) is 19.9. The van der Waals surface area contributed by atoms with E-state index in [1.54, 1.807) is 36.4 Å². The lowest BCUT2D eigenvalue weighted by molar-refractivity contribution is -0.121. The van der Waals surface area contributed by atoms with Crippen molar-refractivity contribution in [2.24, 2.45) is 5.10 Å². The van der Waals surface area contributed by atoms with E-state index in [0.717, 1.165) is 16.0 Å². The molecular formula is C30H24Cl2N4O4S. The van der Waals surface area contributed by atoms with Crippen LogP contribution in [0.4, 0.5) is 0 Å². The number of methoxy groups -OCH3 is 1. The Kier molecular flexibility index (Phi) is 8.68. The summed E-state index contributed by atoms with van der Waals surface area (Å²) in [7, 11) is 1.52. The molecule has 2 aromatic heterocycles. The quantitative estimate of drug-likeness (QED) is 0.153. The minimum absolute atomic E-state index is 0.163. The summed E-state index contributed by atoms with van der Waals surface area (Å²) < 4.78 is 12.6. The first kappa shape index (κ1) is 28.4. The molecule has 2 heterocycles. The van der Waals surface area contributed by atoms with E-state index in [1.807, 2.05) is 37.3 Å². The molecule has 0 aliphatic heterocycles. The third kappa shape index (κ3) is 6.27. The topological polar surface area (TPSA) is 94.8 Å². The number of hydrazone groups is 1. The lowest BCUT2D eigenvalue weighted by Crippen LogP contribution is -2.30. The molecule has 0 atom stereocenters. The number of thiophene rings is 1. The number of nitrogens with zero attached hydrogens (tertiary/aromatic N) is 3. The van der Waals surface area contributed by atoms with Gasteiger partial charge in [-0.15, -0.1) is 11.3 Å². The molecular weight excluding hydrogens is 583 g/mol. The number of amides is 1. The van der Waals surface area contributed by atoms with Crippen LogP contribution in [0.2, 0.25) is 10.0 Å². The van der Waals surface area contributed by atoms with Crippen LogP contribution >= 0.6 is 34.5 Å². The van der Waals surface area contributed by atoms with E-state index in [-0.39, 0.29) is 18.7 Å². The molecule has 1 amide bonds. The number of benzene rings is 3. The maximum absolute atomic E-state index is 13.3. The van der Waals surface area contributed by atoms with Crippen LogP contribution in [0.15, 0.2) is 83.0 Å². The zero-order chi connectivity index (χ0) is 28.9. The summed E-state index contributed by atoms with van der Waals surface area (Å²) in [6.07, 6.45) is 2.85. The summed E-state index contributed by atoms with van der Waals surface area (Å²) in [6, 6.07) is 20.1. The molecule has 208 valence electrons. The molecule has 0 bridgehead atoms. The van der Waals surface area contributed by atoms with Crippen molar-refractivity contribution in [2.45, 2.75) is 20.1 Å². The third-order valence-corrected chi connectivity index (χ3v) is 7.98. The summed E-state index contributed by atoms with van der Waals surface area (Å²) >= 11 is 13.9. The number of hydrogen-bond donors (Lipinski definition) is 1. The van der Waals surface area contributed by atoms with Crippen LogP contribution in [0.1, 0.15) is 16.0 Å². The molecule has 0 aliphatic rings. The first-order valence-electron chi connectivity index (χ1n) is 12.4. The Hall–Kier alpha value is -4.18. The molecule has 5 rings (SSSR count). The Morgan fingerprint density at radius 1 is 1.07 bits per heavy atom. The molecule has 3 aromatic carbocycles. The number of aryl methyl sites for hydroxylation is 1. The average Bonchev–Trinajstić information content (AvgIpc) is 3.31. The Morgan fingerprint density at radius 2 is 1.83 bits per heavy atom. The molecule has 0 radical (unpaired) electrons. The summed E-state index contributed by atoms with van der Waals surface area (Å²) in [5.41, 5.74) is 5.28. The SMILES string of the molecule is COc1cc(C=NNC(=O)Cn2cnc3sc(C)c(-c4ccccc4)c3c2=O)ccc1OCc1c(Cl)cccc1Cl. The largest absolute Gasteiger partial charge is 0.493 e. The van der Waals surface area contributed by atoms with Crippen LogP contribution in [0.25, 0.3) is 21.3 Å². The zero-order valence-electron chi connectivity index (χ0n) is 22.1. The highest BCUT2D eigenvalue weighted by molar-refractivity contribution is 7.19. The number of carbonyl (C=O) groups excluding carboxylic acids is 1. The fourth-order valence-corrected chi connectivity index (χ4v) is 5.79. The highest BCUT2D eigenvalue weighted by Crippen LogP contribution is 2.35. The number of hydrogen-bond acceptors (Lipinski definition) is 7. The second kappa shape index (κ2) is 12.6. The number of fused-ring (bicyclic) bond motifs is 1. The van der Waals surface area contributed by atoms with E-state index < -0.39 is 5.91 Å². The van der Waals surface area contributed by atoms with Gasteiger partial charge in [0, 0.05) is 26.0 Å². The third-order valence-electron chi connectivity index (χ3n) is 6.26. The van der Waals surface area contributed by atoms with Crippen LogP contribution < -0.4 is 20.5 Å². The molecule has 5 aromatic rings. The summed E-state index contributed by atoms with van der Waals surface area (Å²) in [6.45, 7) is 1.89. The number of carbonyl (C=O) groups is 1. The molecule has 1 N–H and O–H groups in total. The van der Waals surface area contributed by atoms with Crippen molar-refractivity contribution in [3.63, 3.8) is 0 Å². The van der Waals surface area contributed by atoms with Crippen LogP contribution in [-0.4, -0.2) is 28.8 Å². The molecule has 8 nitrogen and oxygen atoms in total. The average molecular weight is 608 g/mol. The lowest BCUT2D eigenvalue weighted by Gasteiger charge is -2.13. The van der Waals surface area contributed by atoms with Gasteiger partial charge in [0.2, 0.25) is 0 Å². The van der Waals surface area contributed by atoms with Gasteiger partial charge in [0.25, 0.3) is 11.5 Å². The molecule has 0 unspecified atom stereocenters. The minimum atomic E-state index is -0.471. The second-order valence-electron chi connectivity index (χ2n) is 8.95. The van der Waals surface area contributed by atoms with Gasteiger partial charge in [0.15, 0.2) is 11.5 Å². The van der Waals surface area contributed by atoms with Crippen LogP contribution in [0.5, 0.6) is 11.5 Å². The maximum atomic E-state index is 13.3. The van der Waals surface area contributed by atoms with Gasteiger partial charge in [0.1, 0.15) is 18.0 Å². The van der Waals surface area contributed by atoms with Gasteiger partial charge in [-0.05, 0) is 48.4 Å². The second-order valence-corrected chi connectivity index (χ2v) is 11.0. The summed E-state index contributed by atoms with van der Waals surface area (Å²) in [5.74, 6) is 0.487. The number of nitrogens with one attached hydrogen (secondary N) is 1. The van der Waals surface area contributed by atoms with E-state index >= 15 is 0 Å². The Morgan fingerprint density at radius 3 is 2.56 bits per heavy atom. The minimum Gasteiger partial charge on any atom is -0.493 e. The molecule has 0 spiro atoms. The van der Waals surface area contributed by atoms with Crippen molar-refractivity contribution in [1.82, 2.24) is 15.0 Å². The maximum Gasteiger partial charge on any atom is 0.263 e. The van der Waals surface area contributed by atoms with E-state index in [4.69, 9.17) is 32.7 Å². The van der Waals surface area contributed by atoms with E-state index in [1.165, 1.54) is 35.6 Å². The lowest BCUT2D eigenvalue weighted by atomic mass is 10.0. The Bertz CT molecular complexity index is 1800. The highest BCUT2D eigenvalue weighted by Gasteiger charge is 2.17. The number of ether oxygens (including phenoxy) is 2. The zero-order valence-corrected chi connectivity index (χ0v) is 24.4. The fraction of sp³-hybridized carbons (Fsp3) is 0.133. The van der Waals surface area contributed by atoms with Crippen molar-refractivity contribution in [2.75, 3.05) is 7.11 Å². The summed E-state index contributed by atoms with van der Waals surface area (Å²) in [5, 5.41) is 5.56. The smallest absolute Gasteiger partial charge is 0.263 e. The van der Waals surface area contributed by atoms with E-state index in [2.05, 4.69) is 15.5 Å². The monoisotopic (exact) mass is 606 g/mol. The molecule has 41 heavy (non-hydrogen) atoms. The molecule has 0 fully saturated rings. The number of aromatic nitrogens is 2. The van der Waals surface area contributed by atoms with Crippen molar-refractivity contribution >= 4 is 56.9 Å². The molecule has 0 aliphatic carbocycles. The Labute approximate surface area is 249 Å². The summed E-state index contributed by atoms with van der Waals surface area (Å²) in [4.78, 5) is 32.0. The van der Waals surface area contributed by atoms with Gasteiger partial charge >= 0.3 is 0 Å². The van der Waals surface area contributed by atoms with E-state index in [9.17, 15) is 9.59 Å². The van der Waals surface area contributed by atoms with Crippen LogP contribution in [0, 0.1) is 6.92 Å². The van der Waals surface area contributed by atoms with Crippen LogP contribution in [0.3, 0.4) is 0 Å². The van der Waals surface area contributed by atoms with E-state index in [0.29, 0.717) is 42.9 Å².